The third kappa shape index (κ3) is 6.93. The van der Waals surface area contributed by atoms with Gasteiger partial charge < -0.3 is 15.7 Å². The monoisotopic (exact) mass is 446 g/mol. The highest BCUT2D eigenvalue weighted by Crippen LogP contribution is 2.26. The molecule has 0 aliphatic heterocycles. The van der Waals surface area contributed by atoms with Gasteiger partial charge in [-0.3, -0.25) is 9.98 Å². The van der Waals surface area contributed by atoms with Crippen LogP contribution in [-0.4, -0.2) is 35.2 Å². The third-order valence-electron chi connectivity index (χ3n) is 4.62. The lowest BCUT2D eigenvalue weighted by Gasteiger charge is -2.29. The average molecular weight is 446 g/mol. The van der Waals surface area contributed by atoms with E-state index in [1.54, 1.807) is 12.4 Å². The Kier molecular flexibility index (Phi) is 10.2. The maximum atomic E-state index is 10.2. The Morgan fingerprint density at radius 3 is 2.50 bits per heavy atom. The molecule has 136 valence electrons. The molecular weight excluding hydrogens is 415 g/mol. The molecule has 0 spiro atoms. The summed E-state index contributed by atoms with van der Waals surface area (Å²) in [4.78, 5) is 8.52. The average Bonchev–Trinajstić information content (AvgIpc) is 2.61. The third-order valence-corrected chi connectivity index (χ3v) is 4.62. The van der Waals surface area contributed by atoms with Crippen LogP contribution in [-0.2, 0) is 0 Å². The molecule has 0 radical (unpaired) electrons. The van der Waals surface area contributed by atoms with Gasteiger partial charge in [0.25, 0.3) is 0 Å². The standard InChI is InChI=1S/C18H30N4O.HI/c1-3-14-5-7-16(8-6-14)22-18(20-4-2)21-13-17(23)15-9-11-19-12-10-15;/h9-12,14,16-17,23H,3-8,13H2,1-2H3,(H2,20,21,22);1H. The van der Waals surface area contributed by atoms with E-state index in [1.165, 1.54) is 32.1 Å². The SMILES string of the molecule is CCNC(=NCC(O)c1ccncc1)NC1CCC(CC)CC1.I. The van der Waals surface area contributed by atoms with Crippen LogP contribution < -0.4 is 10.6 Å². The molecule has 1 saturated carbocycles. The summed E-state index contributed by atoms with van der Waals surface area (Å²) >= 11 is 0. The summed E-state index contributed by atoms with van der Waals surface area (Å²) in [5.74, 6) is 1.70. The molecule has 1 atom stereocenters. The lowest BCUT2D eigenvalue weighted by molar-refractivity contribution is 0.187. The van der Waals surface area contributed by atoms with Gasteiger partial charge in [-0.2, -0.15) is 0 Å². The Hall–Kier alpha value is -0.890. The Morgan fingerprint density at radius 1 is 1.25 bits per heavy atom. The quantitative estimate of drug-likeness (QED) is 0.357. The molecule has 3 N–H and O–H groups in total. The lowest BCUT2D eigenvalue weighted by atomic mass is 9.84. The second-order valence-corrected chi connectivity index (χ2v) is 6.29. The van der Waals surface area contributed by atoms with Crippen LogP contribution in [0.2, 0.25) is 0 Å². The molecule has 6 heteroatoms. The molecule has 1 fully saturated rings. The van der Waals surface area contributed by atoms with Crippen molar-refractivity contribution < 1.29 is 5.11 Å². The Balaban J connectivity index is 0.00000288. The van der Waals surface area contributed by atoms with E-state index >= 15 is 0 Å². The number of hydrogen-bond acceptors (Lipinski definition) is 3. The van der Waals surface area contributed by atoms with Gasteiger partial charge in [0.2, 0.25) is 0 Å². The molecule has 5 nitrogen and oxygen atoms in total. The highest BCUT2D eigenvalue weighted by atomic mass is 127. The molecule has 1 aliphatic carbocycles. The van der Waals surface area contributed by atoms with Crippen molar-refractivity contribution in [2.75, 3.05) is 13.1 Å². The number of aromatic nitrogens is 1. The summed E-state index contributed by atoms with van der Waals surface area (Å²) in [6.07, 6.45) is 9.09. The zero-order chi connectivity index (χ0) is 16.5. The molecule has 0 bridgehead atoms. The fourth-order valence-electron chi connectivity index (χ4n) is 3.10. The summed E-state index contributed by atoms with van der Waals surface area (Å²) in [7, 11) is 0. The minimum Gasteiger partial charge on any atom is -0.386 e. The Labute approximate surface area is 162 Å². The first kappa shape index (κ1) is 21.2. The summed E-state index contributed by atoms with van der Waals surface area (Å²) in [6, 6.07) is 4.15. The lowest BCUT2D eigenvalue weighted by Crippen LogP contribution is -2.45. The van der Waals surface area contributed by atoms with Gasteiger partial charge in [0, 0.05) is 25.0 Å². The van der Waals surface area contributed by atoms with Gasteiger partial charge in [-0.15, -0.1) is 24.0 Å². The molecule has 1 unspecified atom stereocenters. The highest BCUT2D eigenvalue weighted by molar-refractivity contribution is 14.0. The summed E-state index contributed by atoms with van der Waals surface area (Å²) in [5.41, 5.74) is 0.850. The van der Waals surface area contributed by atoms with Crippen LogP contribution in [0.25, 0.3) is 0 Å². The van der Waals surface area contributed by atoms with E-state index in [1.807, 2.05) is 12.1 Å². The van der Waals surface area contributed by atoms with Crippen molar-refractivity contribution >= 4 is 29.9 Å². The van der Waals surface area contributed by atoms with Crippen molar-refractivity contribution in [2.24, 2.45) is 10.9 Å². The van der Waals surface area contributed by atoms with Gasteiger partial charge in [0.05, 0.1) is 12.6 Å². The normalized spacial score (nSPS) is 22.4. The number of pyridine rings is 1. The van der Waals surface area contributed by atoms with E-state index in [0.29, 0.717) is 12.6 Å². The van der Waals surface area contributed by atoms with E-state index in [-0.39, 0.29) is 24.0 Å². The molecule has 1 aromatic rings. The number of halogens is 1. The molecule has 2 rings (SSSR count). The first-order chi connectivity index (χ1) is 11.2. The molecule has 1 aliphatic rings. The summed E-state index contributed by atoms with van der Waals surface area (Å²) < 4.78 is 0. The van der Waals surface area contributed by atoms with Crippen LogP contribution in [0.1, 0.15) is 57.6 Å². The van der Waals surface area contributed by atoms with Gasteiger partial charge in [-0.1, -0.05) is 13.3 Å². The van der Waals surface area contributed by atoms with Crippen LogP contribution in [0.4, 0.5) is 0 Å². The Bertz CT molecular complexity index is 475. The fourth-order valence-corrected chi connectivity index (χ4v) is 3.10. The van der Waals surface area contributed by atoms with Gasteiger partial charge >= 0.3 is 0 Å². The fraction of sp³-hybridized carbons (Fsp3) is 0.667. The molecule has 0 amide bonds. The van der Waals surface area contributed by atoms with Gasteiger partial charge in [-0.05, 0) is 56.2 Å². The van der Waals surface area contributed by atoms with Crippen molar-refractivity contribution in [1.82, 2.24) is 15.6 Å². The molecular formula is C18H31IN4O. The van der Waals surface area contributed by atoms with Crippen LogP contribution in [0.3, 0.4) is 0 Å². The predicted molar refractivity (Wildman–Crippen MR) is 110 cm³/mol. The zero-order valence-electron chi connectivity index (χ0n) is 14.7. The number of hydrogen-bond donors (Lipinski definition) is 3. The van der Waals surface area contributed by atoms with E-state index in [4.69, 9.17) is 0 Å². The number of rotatable bonds is 6. The maximum Gasteiger partial charge on any atom is 0.191 e. The van der Waals surface area contributed by atoms with Gasteiger partial charge in [0.15, 0.2) is 5.96 Å². The van der Waals surface area contributed by atoms with E-state index in [0.717, 1.165) is 24.0 Å². The van der Waals surface area contributed by atoms with Crippen molar-refractivity contribution in [2.45, 2.75) is 58.1 Å². The number of aliphatic imine (C=N–C) groups is 1. The van der Waals surface area contributed by atoms with Crippen molar-refractivity contribution in [1.29, 1.82) is 0 Å². The smallest absolute Gasteiger partial charge is 0.191 e. The largest absolute Gasteiger partial charge is 0.386 e. The predicted octanol–water partition coefficient (Wildman–Crippen LogP) is 3.26. The first-order valence-electron chi connectivity index (χ1n) is 8.85. The minimum atomic E-state index is -0.593. The van der Waals surface area contributed by atoms with Crippen LogP contribution in [0.15, 0.2) is 29.5 Å². The molecule has 1 aromatic heterocycles. The van der Waals surface area contributed by atoms with Crippen molar-refractivity contribution in [3.8, 4) is 0 Å². The van der Waals surface area contributed by atoms with Crippen LogP contribution in [0, 0.1) is 5.92 Å². The van der Waals surface area contributed by atoms with Crippen LogP contribution >= 0.6 is 24.0 Å². The minimum absolute atomic E-state index is 0. The summed E-state index contributed by atoms with van der Waals surface area (Å²) in [5, 5.41) is 17.0. The number of nitrogens with one attached hydrogen (secondary N) is 2. The van der Waals surface area contributed by atoms with E-state index in [2.05, 4.69) is 34.5 Å². The molecule has 0 saturated heterocycles. The van der Waals surface area contributed by atoms with E-state index in [9.17, 15) is 5.11 Å². The van der Waals surface area contributed by atoms with Crippen molar-refractivity contribution in [3.05, 3.63) is 30.1 Å². The number of aliphatic hydroxyl groups excluding tert-OH is 1. The molecule has 24 heavy (non-hydrogen) atoms. The topological polar surface area (TPSA) is 69.5 Å². The first-order valence-corrected chi connectivity index (χ1v) is 8.85. The maximum absolute atomic E-state index is 10.2. The molecule has 1 heterocycles. The second-order valence-electron chi connectivity index (χ2n) is 6.29. The highest BCUT2D eigenvalue weighted by Gasteiger charge is 2.20. The number of nitrogens with zero attached hydrogens (tertiary/aromatic N) is 2. The Morgan fingerprint density at radius 2 is 1.92 bits per heavy atom. The zero-order valence-corrected chi connectivity index (χ0v) is 17.1. The van der Waals surface area contributed by atoms with Gasteiger partial charge in [-0.25, -0.2) is 0 Å². The second kappa shape index (κ2) is 11.6. The number of guanidine groups is 1. The molecule has 0 aromatic carbocycles. The van der Waals surface area contributed by atoms with Gasteiger partial charge in [0.1, 0.15) is 0 Å². The summed E-state index contributed by atoms with van der Waals surface area (Å²) in [6.45, 7) is 5.51. The van der Waals surface area contributed by atoms with E-state index < -0.39 is 6.10 Å². The van der Waals surface area contributed by atoms with Crippen LogP contribution in [0.5, 0.6) is 0 Å². The van der Waals surface area contributed by atoms with Crippen molar-refractivity contribution in [3.63, 3.8) is 0 Å². The number of aliphatic hydroxyl groups is 1.